The second-order valence-corrected chi connectivity index (χ2v) is 8.38. The van der Waals surface area contributed by atoms with Crippen molar-refractivity contribution in [3.8, 4) is 0 Å². The van der Waals surface area contributed by atoms with Crippen molar-refractivity contribution in [2.75, 3.05) is 13.2 Å². The van der Waals surface area contributed by atoms with Crippen LogP contribution in [0.15, 0.2) is 30.3 Å². The van der Waals surface area contributed by atoms with Gasteiger partial charge in [-0.15, -0.1) is 0 Å². The Hall–Kier alpha value is -2.21. The highest BCUT2D eigenvalue weighted by Crippen LogP contribution is 2.39. The molecule has 0 spiro atoms. The van der Waals surface area contributed by atoms with E-state index in [2.05, 4.69) is 5.32 Å². The quantitative estimate of drug-likeness (QED) is 0.504. The fourth-order valence-corrected chi connectivity index (χ4v) is 4.69. The van der Waals surface area contributed by atoms with E-state index in [0.717, 1.165) is 31.2 Å². The van der Waals surface area contributed by atoms with E-state index in [4.69, 9.17) is 4.74 Å². The van der Waals surface area contributed by atoms with Crippen molar-refractivity contribution >= 4 is 17.8 Å². The average molecular weight is 401 g/mol. The largest absolute Gasteiger partial charge is 0.377 e. The molecule has 0 aromatic heterocycles. The Labute approximate surface area is 173 Å². The molecule has 3 rings (SSSR count). The maximum absolute atomic E-state index is 13.4. The van der Waals surface area contributed by atoms with Crippen LogP contribution in [0.1, 0.15) is 57.9 Å². The van der Waals surface area contributed by atoms with Gasteiger partial charge in [0.05, 0.1) is 6.61 Å². The lowest BCUT2D eigenvalue weighted by Crippen LogP contribution is -2.66. The van der Waals surface area contributed by atoms with Gasteiger partial charge in [-0.05, 0) is 43.1 Å². The second kappa shape index (κ2) is 9.53. The topological polar surface area (TPSA) is 75.7 Å². The molecule has 6 nitrogen and oxygen atoms in total. The Morgan fingerprint density at radius 3 is 2.52 bits per heavy atom. The van der Waals surface area contributed by atoms with Crippen molar-refractivity contribution in [3.63, 3.8) is 0 Å². The molecule has 1 aromatic rings. The molecule has 2 unspecified atom stereocenters. The standard InChI is InChI=1S/C23H32N2O4/c1-3-23(17(2)13-14-29-16-19-11-5-4-6-12-19)20(26)24-22(28)25(21(23)27)15-18-9-7-8-10-18/h4-6,11-12,17-18H,3,7-10,13-16H2,1-2H3,(H,24,26,28). The van der Waals surface area contributed by atoms with Crippen LogP contribution in [-0.2, 0) is 20.9 Å². The number of carbonyl (C=O) groups is 3. The molecule has 6 heteroatoms. The molecule has 1 saturated heterocycles. The Bertz CT molecular complexity index is 730. The number of ether oxygens (including phenoxy) is 1. The summed E-state index contributed by atoms with van der Waals surface area (Å²) in [6.45, 7) is 5.13. The van der Waals surface area contributed by atoms with Gasteiger partial charge in [0.1, 0.15) is 5.41 Å². The number of nitrogens with zero attached hydrogens (tertiary/aromatic N) is 1. The zero-order valence-electron chi connectivity index (χ0n) is 17.5. The highest BCUT2D eigenvalue weighted by molar-refractivity contribution is 6.19. The third kappa shape index (κ3) is 4.53. The van der Waals surface area contributed by atoms with Gasteiger partial charge < -0.3 is 4.74 Å². The van der Waals surface area contributed by atoms with Gasteiger partial charge in [-0.3, -0.25) is 19.8 Å². The maximum atomic E-state index is 13.4. The van der Waals surface area contributed by atoms with Crippen LogP contribution in [-0.4, -0.2) is 35.9 Å². The number of nitrogens with one attached hydrogen (secondary N) is 1. The van der Waals surface area contributed by atoms with Crippen molar-refractivity contribution in [2.45, 2.75) is 59.0 Å². The Morgan fingerprint density at radius 2 is 1.86 bits per heavy atom. The molecule has 0 bridgehead atoms. The van der Waals surface area contributed by atoms with Crippen molar-refractivity contribution < 1.29 is 19.1 Å². The minimum Gasteiger partial charge on any atom is -0.377 e. The number of benzene rings is 1. The first-order valence-electron chi connectivity index (χ1n) is 10.8. The minimum atomic E-state index is -1.21. The van der Waals surface area contributed by atoms with Crippen molar-refractivity contribution in [3.05, 3.63) is 35.9 Å². The molecule has 2 fully saturated rings. The molecule has 4 amide bonds. The van der Waals surface area contributed by atoms with Crippen LogP contribution in [0.5, 0.6) is 0 Å². The lowest BCUT2D eigenvalue weighted by atomic mass is 9.69. The molecule has 1 heterocycles. The number of imide groups is 2. The number of amides is 4. The third-order valence-electron chi connectivity index (χ3n) is 6.62. The van der Waals surface area contributed by atoms with E-state index >= 15 is 0 Å². The van der Waals surface area contributed by atoms with E-state index in [1.807, 2.05) is 44.2 Å². The SMILES string of the molecule is CCC1(C(C)CCOCc2ccccc2)C(=O)NC(=O)N(CC2CCCC2)C1=O. The van der Waals surface area contributed by atoms with E-state index in [9.17, 15) is 14.4 Å². The highest BCUT2D eigenvalue weighted by atomic mass is 16.5. The lowest BCUT2D eigenvalue weighted by Gasteiger charge is -2.43. The van der Waals surface area contributed by atoms with Gasteiger partial charge in [-0.1, -0.05) is 57.0 Å². The summed E-state index contributed by atoms with van der Waals surface area (Å²) in [6, 6.07) is 9.33. The smallest absolute Gasteiger partial charge is 0.330 e. The van der Waals surface area contributed by atoms with Crippen molar-refractivity contribution in [1.82, 2.24) is 10.2 Å². The number of carbonyl (C=O) groups excluding carboxylic acids is 3. The van der Waals surface area contributed by atoms with Gasteiger partial charge in [0.2, 0.25) is 11.8 Å². The van der Waals surface area contributed by atoms with Crippen LogP contribution in [0.3, 0.4) is 0 Å². The molecule has 29 heavy (non-hydrogen) atoms. The van der Waals surface area contributed by atoms with Gasteiger partial charge in [0, 0.05) is 13.2 Å². The summed E-state index contributed by atoms with van der Waals surface area (Å²) in [6.07, 6.45) is 5.29. The van der Waals surface area contributed by atoms with Gasteiger partial charge in [-0.25, -0.2) is 4.79 Å². The molecular formula is C23H32N2O4. The molecule has 1 aromatic carbocycles. The van der Waals surface area contributed by atoms with E-state index < -0.39 is 17.4 Å². The number of hydrogen-bond acceptors (Lipinski definition) is 4. The summed E-state index contributed by atoms with van der Waals surface area (Å²) in [5.41, 5.74) is -0.118. The molecule has 158 valence electrons. The maximum Gasteiger partial charge on any atom is 0.330 e. The summed E-state index contributed by atoms with van der Waals surface area (Å²) < 4.78 is 5.77. The molecule has 1 N–H and O–H groups in total. The van der Waals surface area contributed by atoms with Crippen LogP contribution in [0, 0.1) is 17.3 Å². The van der Waals surface area contributed by atoms with Crippen molar-refractivity contribution in [1.29, 1.82) is 0 Å². The molecule has 1 aliphatic heterocycles. The predicted octanol–water partition coefficient (Wildman–Crippen LogP) is 3.89. The fourth-order valence-electron chi connectivity index (χ4n) is 4.69. The molecular weight excluding hydrogens is 368 g/mol. The average Bonchev–Trinajstić information content (AvgIpc) is 3.23. The molecule has 1 aliphatic carbocycles. The van der Waals surface area contributed by atoms with E-state index in [1.54, 1.807) is 0 Å². The van der Waals surface area contributed by atoms with Crippen LogP contribution in [0.2, 0.25) is 0 Å². The van der Waals surface area contributed by atoms with Crippen LogP contribution in [0.25, 0.3) is 0 Å². The van der Waals surface area contributed by atoms with Gasteiger partial charge in [-0.2, -0.15) is 0 Å². The summed E-state index contributed by atoms with van der Waals surface area (Å²) in [5, 5.41) is 2.46. The van der Waals surface area contributed by atoms with E-state index in [0.29, 0.717) is 38.5 Å². The minimum absolute atomic E-state index is 0.227. The predicted molar refractivity (Wildman–Crippen MR) is 110 cm³/mol. The first-order chi connectivity index (χ1) is 14.0. The second-order valence-electron chi connectivity index (χ2n) is 8.38. The number of hydrogen-bond donors (Lipinski definition) is 1. The number of urea groups is 1. The highest BCUT2D eigenvalue weighted by Gasteiger charge is 2.55. The summed E-state index contributed by atoms with van der Waals surface area (Å²) >= 11 is 0. The Balaban J connectivity index is 1.64. The summed E-state index contributed by atoms with van der Waals surface area (Å²) in [4.78, 5) is 39.9. The first kappa shape index (κ1) is 21.5. The first-order valence-corrected chi connectivity index (χ1v) is 10.8. The van der Waals surface area contributed by atoms with E-state index in [1.165, 1.54) is 4.90 Å². The molecule has 0 radical (unpaired) electrons. The normalized spacial score (nSPS) is 24.1. The zero-order chi connectivity index (χ0) is 20.9. The molecule has 1 saturated carbocycles. The zero-order valence-corrected chi connectivity index (χ0v) is 17.5. The summed E-state index contributed by atoms with van der Waals surface area (Å²) in [7, 11) is 0. The monoisotopic (exact) mass is 400 g/mol. The molecule has 2 aliphatic rings. The third-order valence-corrected chi connectivity index (χ3v) is 6.62. The summed E-state index contributed by atoms with van der Waals surface area (Å²) in [5.74, 6) is -0.684. The number of barbiturate groups is 1. The van der Waals surface area contributed by atoms with Gasteiger partial charge >= 0.3 is 6.03 Å². The van der Waals surface area contributed by atoms with Crippen LogP contribution in [0.4, 0.5) is 4.79 Å². The van der Waals surface area contributed by atoms with Crippen LogP contribution < -0.4 is 5.32 Å². The van der Waals surface area contributed by atoms with Gasteiger partial charge in [0.15, 0.2) is 0 Å². The van der Waals surface area contributed by atoms with Gasteiger partial charge in [0.25, 0.3) is 0 Å². The van der Waals surface area contributed by atoms with Crippen LogP contribution >= 0.6 is 0 Å². The lowest BCUT2D eigenvalue weighted by molar-refractivity contribution is -0.156. The fraction of sp³-hybridized carbons (Fsp3) is 0.609. The van der Waals surface area contributed by atoms with E-state index in [-0.39, 0.29) is 11.8 Å². The Kier molecular flexibility index (Phi) is 7.06. The Morgan fingerprint density at radius 1 is 1.17 bits per heavy atom. The number of rotatable bonds is 9. The van der Waals surface area contributed by atoms with Crippen molar-refractivity contribution in [2.24, 2.45) is 17.3 Å². The molecule has 2 atom stereocenters.